The summed E-state index contributed by atoms with van der Waals surface area (Å²) in [5.74, 6) is -0.840. The fourth-order valence-electron chi connectivity index (χ4n) is 0.321. The highest BCUT2D eigenvalue weighted by Gasteiger charge is 2.22. The van der Waals surface area contributed by atoms with Crippen molar-refractivity contribution in [2.45, 2.75) is 6.42 Å². The fraction of sp³-hybridized carbons (Fsp3) is 0.400. The maximum Gasteiger partial charge on any atom is 0.529 e. The van der Waals surface area contributed by atoms with Gasteiger partial charge in [0.25, 0.3) is 0 Å². The third kappa shape index (κ3) is 4.72. The Labute approximate surface area is 64.2 Å². The van der Waals surface area contributed by atoms with Crippen molar-refractivity contribution in [3.8, 4) is 0 Å². The highest BCUT2D eigenvalue weighted by atomic mass is 31.2. The van der Waals surface area contributed by atoms with E-state index in [1.54, 1.807) is 0 Å². The second-order valence-corrected chi connectivity index (χ2v) is 3.09. The van der Waals surface area contributed by atoms with Gasteiger partial charge in [-0.1, -0.05) is 6.08 Å². The molecule has 0 aliphatic carbocycles. The second kappa shape index (κ2) is 4.28. The number of phosphoric acid groups is 1. The average molecular weight is 180 g/mol. The Hall–Kier alpha value is -0.640. The molecule has 0 aliphatic rings. The molecule has 1 unspecified atom stereocenters. The molecule has 6 heteroatoms. The van der Waals surface area contributed by atoms with E-state index in [0.717, 1.165) is 7.11 Å². The van der Waals surface area contributed by atoms with E-state index >= 15 is 0 Å². The van der Waals surface area contributed by atoms with Crippen molar-refractivity contribution in [3.05, 3.63) is 12.7 Å². The van der Waals surface area contributed by atoms with Crippen molar-refractivity contribution in [3.63, 3.8) is 0 Å². The zero-order chi connectivity index (χ0) is 8.91. The zero-order valence-corrected chi connectivity index (χ0v) is 6.91. The molecule has 0 fully saturated rings. The molecular weight excluding hydrogens is 171 g/mol. The molecule has 0 aliphatic heterocycles. The molecule has 0 bridgehead atoms. The number of carbonyl (C=O) groups excluding carboxylic acids is 1. The van der Waals surface area contributed by atoms with Gasteiger partial charge < -0.3 is 4.52 Å². The number of phosphoric ester groups is 1. The molecule has 64 valence electrons. The summed E-state index contributed by atoms with van der Waals surface area (Å²) in [6.45, 7) is 3.24. The molecular formula is C5H9O5P. The van der Waals surface area contributed by atoms with Crippen LogP contribution in [0.2, 0.25) is 0 Å². The summed E-state index contributed by atoms with van der Waals surface area (Å²) < 4.78 is 18.5. The number of carbonyl (C=O) groups is 1. The van der Waals surface area contributed by atoms with Crippen LogP contribution in [-0.2, 0) is 18.4 Å². The minimum atomic E-state index is -4.16. The molecule has 0 saturated heterocycles. The van der Waals surface area contributed by atoms with Gasteiger partial charge in [0, 0.05) is 7.11 Å². The highest BCUT2D eigenvalue weighted by Crippen LogP contribution is 2.42. The Morgan fingerprint density at radius 3 is 2.73 bits per heavy atom. The first-order valence-electron chi connectivity index (χ1n) is 2.73. The lowest BCUT2D eigenvalue weighted by molar-refractivity contribution is -0.134. The van der Waals surface area contributed by atoms with Gasteiger partial charge in [0.2, 0.25) is 0 Å². The van der Waals surface area contributed by atoms with E-state index in [1.165, 1.54) is 6.08 Å². The number of hydrogen-bond acceptors (Lipinski definition) is 4. The van der Waals surface area contributed by atoms with Crippen molar-refractivity contribution in [1.29, 1.82) is 0 Å². The fourth-order valence-corrected chi connectivity index (χ4v) is 0.727. The minimum Gasteiger partial charge on any atom is -0.370 e. The molecule has 0 radical (unpaired) electrons. The molecule has 5 nitrogen and oxygen atoms in total. The van der Waals surface area contributed by atoms with Crippen LogP contribution in [0.1, 0.15) is 6.42 Å². The first-order valence-corrected chi connectivity index (χ1v) is 4.23. The summed E-state index contributed by atoms with van der Waals surface area (Å²) in [4.78, 5) is 19.1. The summed E-state index contributed by atoms with van der Waals surface area (Å²) >= 11 is 0. The molecule has 0 saturated carbocycles. The van der Waals surface area contributed by atoms with E-state index in [4.69, 9.17) is 4.89 Å². The zero-order valence-electron chi connectivity index (χ0n) is 6.02. The van der Waals surface area contributed by atoms with Crippen molar-refractivity contribution in [2.75, 3.05) is 7.11 Å². The molecule has 0 aromatic rings. The maximum atomic E-state index is 10.5. The van der Waals surface area contributed by atoms with Gasteiger partial charge in [0.1, 0.15) is 0 Å². The van der Waals surface area contributed by atoms with Gasteiger partial charge in [-0.25, -0.2) is 4.57 Å². The third-order valence-corrected chi connectivity index (χ3v) is 1.65. The van der Waals surface area contributed by atoms with Crippen LogP contribution in [-0.4, -0.2) is 18.0 Å². The predicted molar refractivity (Wildman–Crippen MR) is 37.7 cm³/mol. The Morgan fingerprint density at radius 1 is 1.82 bits per heavy atom. The molecule has 0 amide bonds. The van der Waals surface area contributed by atoms with E-state index in [9.17, 15) is 9.36 Å². The van der Waals surface area contributed by atoms with Gasteiger partial charge in [-0.15, -0.1) is 6.58 Å². The molecule has 0 rings (SSSR count). The lowest BCUT2D eigenvalue weighted by Crippen LogP contribution is -2.01. The van der Waals surface area contributed by atoms with E-state index in [0.29, 0.717) is 0 Å². The maximum absolute atomic E-state index is 10.5. The summed E-state index contributed by atoms with van der Waals surface area (Å²) in [5, 5.41) is 0. The summed E-state index contributed by atoms with van der Waals surface area (Å²) in [6.07, 6.45) is 1.14. The Bertz CT molecular complexity index is 199. The van der Waals surface area contributed by atoms with Crippen molar-refractivity contribution in [2.24, 2.45) is 0 Å². The lowest BCUT2D eigenvalue weighted by atomic mass is 10.4. The van der Waals surface area contributed by atoms with Gasteiger partial charge >= 0.3 is 13.8 Å². The summed E-state index contributed by atoms with van der Waals surface area (Å²) in [6, 6.07) is 0. The van der Waals surface area contributed by atoms with Gasteiger partial charge in [0.05, 0.1) is 6.42 Å². The normalized spacial score (nSPS) is 15.1. The van der Waals surface area contributed by atoms with Gasteiger partial charge in [-0.3, -0.25) is 14.2 Å². The average Bonchev–Trinajstić information content (AvgIpc) is 1.87. The molecule has 11 heavy (non-hydrogen) atoms. The van der Waals surface area contributed by atoms with E-state index < -0.39 is 13.8 Å². The van der Waals surface area contributed by atoms with Crippen molar-refractivity contribution >= 4 is 13.8 Å². The largest absolute Gasteiger partial charge is 0.529 e. The van der Waals surface area contributed by atoms with Crippen LogP contribution in [0.4, 0.5) is 0 Å². The summed E-state index contributed by atoms with van der Waals surface area (Å²) in [5.41, 5.74) is 0. The van der Waals surface area contributed by atoms with Crippen molar-refractivity contribution in [1.82, 2.24) is 0 Å². The first kappa shape index (κ1) is 10.4. The molecule has 0 heterocycles. The van der Waals surface area contributed by atoms with Gasteiger partial charge in [-0.05, 0) is 0 Å². The van der Waals surface area contributed by atoms with Crippen LogP contribution in [0.25, 0.3) is 0 Å². The molecule has 0 aromatic carbocycles. The predicted octanol–water partition coefficient (Wildman–Crippen LogP) is 0.852. The van der Waals surface area contributed by atoms with Crippen LogP contribution in [0.3, 0.4) is 0 Å². The first-order chi connectivity index (χ1) is 5.02. The number of hydrogen-bond donors (Lipinski definition) is 1. The monoisotopic (exact) mass is 180 g/mol. The highest BCUT2D eigenvalue weighted by molar-refractivity contribution is 7.48. The molecule has 0 spiro atoms. The smallest absolute Gasteiger partial charge is 0.370 e. The van der Waals surface area contributed by atoms with E-state index in [-0.39, 0.29) is 6.42 Å². The summed E-state index contributed by atoms with van der Waals surface area (Å²) in [7, 11) is -3.18. The van der Waals surface area contributed by atoms with Crippen LogP contribution in [0.5, 0.6) is 0 Å². The Kier molecular flexibility index (Phi) is 4.03. The number of rotatable bonds is 4. The van der Waals surface area contributed by atoms with E-state index in [2.05, 4.69) is 15.6 Å². The molecule has 1 N–H and O–H groups in total. The third-order valence-electron chi connectivity index (χ3n) is 0.759. The topological polar surface area (TPSA) is 72.8 Å². The molecule has 1 atom stereocenters. The van der Waals surface area contributed by atoms with E-state index in [1.807, 2.05) is 0 Å². The van der Waals surface area contributed by atoms with Crippen molar-refractivity contribution < 1.29 is 23.3 Å². The standard InChI is InChI=1S/C5H9O5P/c1-3-4-5(6)10-11(7,8)9-2/h3H,1,4H2,2H3,(H,7,8). The van der Waals surface area contributed by atoms with Crippen LogP contribution in [0.15, 0.2) is 12.7 Å². The Balaban J connectivity index is 3.93. The Morgan fingerprint density at radius 2 is 2.36 bits per heavy atom. The lowest BCUT2D eigenvalue weighted by Gasteiger charge is -2.06. The van der Waals surface area contributed by atoms with Crippen LogP contribution in [0, 0.1) is 0 Å². The van der Waals surface area contributed by atoms with Gasteiger partial charge in [0.15, 0.2) is 0 Å². The van der Waals surface area contributed by atoms with Crippen LogP contribution < -0.4 is 0 Å². The SMILES string of the molecule is C=CCC(=O)OP(=O)(O)OC. The van der Waals surface area contributed by atoms with Gasteiger partial charge in [-0.2, -0.15) is 0 Å². The molecule has 0 aromatic heterocycles. The minimum absolute atomic E-state index is 0.117. The quantitative estimate of drug-likeness (QED) is 0.512. The second-order valence-electron chi connectivity index (χ2n) is 1.61. The van der Waals surface area contributed by atoms with Crippen LogP contribution >= 0.6 is 7.82 Å².